The van der Waals surface area contributed by atoms with E-state index in [0.717, 1.165) is 56.7 Å². The summed E-state index contributed by atoms with van der Waals surface area (Å²) in [5, 5.41) is 0. The van der Waals surface area contributed by atoms with Crippen LogP contribution in [-0.2, 0) is 9.59 Å². The maximum absolute atomic E-state index is 12.3. The fourth-order valence-corrected chi connectivity index (χ4v) is 4.64. The molecule has 0 bridgehead atoms. The van der Waals surface area contributed by atoms with Crippen LogP contribution in [0.25, 0.3) is 0 Å². The lowest BCUT2D eigenvalue weighted by Gasteiger charge is -2.43. The van der Waals surface area contributed by atoms with Crippen LogP contribution in [0.15, 0.2) is 11.6 Å². The Hall–Kier alpha value is -1.36. The lowest BCUT2D eigenvalue weighted by atomic mass is 9.75. The molecule has 0 N–H and O–H groups in total. The van der Waals surface area contributed by atoms with Crippen LogP contribution in [0.4, 0.5) is 0 Å². The number of hydrogen-bond donors (Lipinski definition) is 0. The molecular weight excluding hydrogens is 326 g/mol. The third kappa shape index (κ3) is 5.32. The molecule has 148 valence electrons. The minimum atomic E-state index is 0.172. The molecular formula is C21H38N3O2+. The molecule has 0 aromatic carbocycles. The fraction of sp³-hybridized carbons (Fsp3) is 0.810. The largest absolute Gasteiger partial charge is 0.337 e. The second-order valence-electron chi connectivity index (χ2n) is 8.98. The average Bonchev–Trinajstić information content (AvgIpc) is 2.53. The van der Waals surface area contributed by atoms with Gasteiger partial charge in [0, 0.05) is 20.4 Å². The van der Waals surface area contributed by atoms with Gasteiger partial charge < -0.3 is 14.3 Å². The molecule has 3 atom stereocenters. The molecule has 0 unspecified atom stereocenters. The van der Waals surface area contributed by atoms with Crippen LogP contribution in [0, 0.1) is 17.8 Å². The molecule has 0 saturated carbocycles. The number of rotatable bonds is 5. The van der Waals surface area contributed by atoms with E-state index >= 15 is 0 Å². The predicted octanol–water partition coefficient (Wildman–Crippen LogP) is 2.38. The van der Waals surface area contributed by atoms with Gasteiger partial charge >= 0.3 is 0 Å². The predicted molar refractivity (Wildman–Crippen MR) is 105 cm³/mol. The molecule has 1 fully saturated rings. The van der Waals surface area contributed by atoms with Crippen molar-refractivity contribution in [2.24, 2.45) is 17.8 Å². The number of piperazine rings is 1. The number of likely N-dealkylation sites (N-methyl/N-ethyl adjacent to an activating group) is 1. The monoisotopic (exact) mass is 364 g/mol. The van der Waals surface area contributed by atoms with Crippen molar-refractivity contribution in [3.63, 3.8) is 0 Å². The van der Waals surface area contributed by atoms with Gasteiger partial charge in [-0.05, 0) is 31.1 Å². The maximum atomic E-state index is 12.3. The van der Waals surface area contributed by atoms with Crippen LogP contribution in [0.2, 0.25) is 0 Å². The lowest BCUT2D eigenvalue weighted by Crippen LogP contribution is -2.60. The highest BCUT2D eigenvalue weighted by Gasteiger charge is 2.32. The molecule has 1 aliphatic carbocycles. The Morgan fingerprint density at radius 2 is 1.85 bits per heavy atom. The number of amides is 2. The molecule has 2 aliphatic rings. The van der Waals surface area contributed by atoms with Crippen molar-refractivity contribution >= 4 is 11.8 Å². The van der Waals surface area contributed by atoms with Crippen molar-refractivity contribution in [1.82, 2.24) is 9.80 Å². The number of quaternary nitrogens is 1. The summed E-state index contributed by atoms with van der Waals surface area (Å²) in [7, 11) is 2.26. The average molecular weight is 365 g/mol. The molecule has 1 aliphatic heterocycles. The lowest BCUT2D eigenvalue weighted by molar-refractivity contribution is -0.912. The summed E-state index contributed by atoms with van der Waals surface area (Å²) in [5.41, 5.74) is 1.48. The Kier molecular flexibility index (Phi) is 6.89. The van der Waals surface area contributed by atoms with Gasteiger partial charge in [0.1, 0.15) is 0 Å². The second kappa shape index (κ2) is 8.55. The minimum Gasteiger partial charge on any atom is -0.337 e. The molecule has 0 aromatic heterocycles. The number of nitrogens with zero attached hydrogens (tertiary/aromatic N) is 3. The van der Waals surface area contributed by atoms with Gasteiger partial charge in [-0.3, -0.25) is 9.59 Å². The van der Waals surface area contributed by atoms with Crippen LogP contribution in [0.5, 0.6) is 0 Å². The van der Waals surface area contributed by atoms with Gasteiger partial charge in [0.25, 0.3) is 0 Å². The van der Waals surface area contributed by atoms with Crippen LogP contribution in [0.1, 0.15) is 41.0 Å². The van der Waals surface area contributed by atoms with Crippen LogP contribution in [0.3, 0.4) is 0 Å². The van der Waals surface area contributed by atoms with Crippen molar-refractivity contribution in [2.45, 2.75) is 41.0 Å². The number of hydrogen-bond acceptors (Lipinski definition) is 2. The van der Waals surface area contributed by atoms with Crippen molar-refractivity contribution in [3.8, 4) is 0 Å². The SMILES string of the molecule is CC(=O)N1CC[N+](C)(CCN(C[C@@H]2[C@H](C)C=C(C)C[C@@H]2C)C(C)=O)CC1. The highest BCUT2D eigenvalue weighted by atomic mass is 16.2. The maximum Gasteiger partial charge on any atom is 0.219 e. The Balaban J connectivity index is 1.93. The standard InChI is InChI=1S/C21H38N3O2/c1-16-13-17(2)21(18(3)14-16)15-23(20(5)26)9-12-24(6)10-7-22(8-11-24)19(4)25/h13,17-18,21H,7-12,14-15H2,1-6H3/q+1/t17-,18+,21-/m1/s1. The topological polar surface area (TPSA) is 40.6 Å². The third-order valence-electron chi connectivity index (χ3n) is 6.65. The minimum absolute atomic E-state index is 0.172. The molecule has 2 amide bonds. The highest BCUT2D eigenvalue weighted by Crippen LogP contribution is 2.34. The summed E-state index contributed by atoms with van der Waals surface area (Å²) in [5.74, 6) is 2.06. The molecule has 26 heavy (non-hydrogen) atoms. The van der Waals surface area contributed by atoms with Gasteiger partial charge in [-0.1, -0.05) is 25.5 Å². The molecule has 0 aromatic rings. The van der Waals surface area contributed by atoms with Crippen LogP contribution < -0.4 is 0 Å². The van der Waals surface area contributed by atoms with Crippen molar-refractivity contribution in [3.05, 3.63) is 11.6 Å². The summed E-state index contributed by atoms with van der Waals surface area (Å²) in [6.45, 7) is 16.4. The summed E-state index contributed by atoms with van der Waals surface area (Å²) in [6, 6.07) is 0. The molecule has 0 spiro atoms. The first-order valence-electron chi connectivity index (χ1n) is 10.1. The van der Waals surface area contributed by atoms with E-state index < -0.39 is 0 Å². The zero-order valence-corrected chi connectivity index (χ0v) is 17.6. The normalized spacial score (nSPS) is 28.5. The quantitative estimate of drug-likeness (QED) is 0.555. The van der Waals surface area contributed by atoms with E-state index in [4.69, 9.17) is 0 Å². The summed E-state index contributed by atoms with van der Waals surface area (Å²) < 4.78 is 0.947. The fourth-order valence-electron chi connectivity index (χ4n) is 4.64. The van der Waals surface area contributed by atoms with E-state index in [1.165, 1.54) is 5.57 Å². The zero-order chi connectivity index (χ0) is 19.5. The highest BCUT2D eigenvalue weighted by molar-refractivity contribution is 5.73. The summed E-state index contributed by atoms with van der Waals surface area (Å²) >= 11 is 0. The third-order valence-corrected chi connectivity index (χ3v) is 6.65. The first kappa shape index (κ1) is 20.9. The first-order chi connectivity index (χ1) is 12.1. The molecule has 1 heterocycles. The van der Waals surface area contributed by atoms with E-state index in [9.17, 15) is 9.59 Å². The molecule has 5 heteroatoms. The van der Waals surface area contributed by atoms with Crippen molar-refractivity contribution < 1.29 is 14.1 Å². The summed E-state index contributed by atoms with van der Waals surface area (Å²) in [6.07, 6.45) is 3.53. The first-order valence-corrected chi connectivity index (χ1v) is 10.1. The zero-order valence-electron chi connectivity index (χ0n) is 17.6. The van der Waals surface area contributed by atoms with Crippen LogP contribution >= 0.6 is 0 Å². The second-order valence-corrected chi connectivity index (χ2v) is 8.98. The van der Waals surface area contributed by atoms with Gasteiger partial charge in [0.2, 0.25) is 11.8 Å². The van der Waals surface area contributed by atoms with Crippen molar-refractivity contribution in [1.29, 1.82) is 0 Å². The van der Waals surface area contributed by atoms with E-state index in [0.29, 0.717) is 17.8 Å². The van der Waals surface area contributed by atoms with Crippen molar-refractivity contribution in [2.75, 3.05) is 52.9 Å². The van der Waals surface area contributed by atoms with E-state index in [-0.39, 0.29) is 11.8 Å². The molecule has 0 radical (unpaired) electrons. The van der Waals surface area contributed by atoms with E-state index in [1.54, 1.807) is 13.8 Å². The Morgan fingerprint density at radius 1 is 1.23 bits per heavy atom. The van der Waals surface area contributed by atoms with E-state index in [1.807, 2.05) is 4.90 Å². The molecule has 2 rings (SSSR count). The van der Waals surface area contributed by atoms with Crippen LogP contribution in [-0.4, -0.2) is 79.0 Å². The van der Waals surface area contributed by atoms with E-state index in [2.05, 4.69) is 38.8 Å². The molecule has 5 nitrogen and oxygen atoms in total. The Labute approximate surface area is 159 Å². The Bertz CT molecular complexity index is 549. The Morgan fingerprint density at radius 3 is 2.35 bits per heavy atom. The number of allylic oxidation sites excluding steroid dienone is 2. The van der Waals surface area contributed by atoms with Gasteiger partial charge in [0.05, 0.1) is 46.3 Å². The van der Waals surface area contributed by atoms with Gasteiger partial charge in [-0.25, -0.2) is 0 Å². The van der Waals surface area contributed by atoms with Gasteiger partial charge in [-0.2, -0.15) is 0 Å². The summed E-state index contributed by atoms with van der Waals surface area (Å²) in [4.78, 5) is 27.8. The van der Waals surface area contributed by atoms with Gasteiger partial charge in [-0.15, -0.1) is 0 Å². The smallest absolute Gasteiger partial charge is 0.219 e. The molecule has 1 saturated heterocycles. The number of carbonyl (C=O) groups excluding carboxylic acids is 2. The number of carbonyl (C=O) groups is 2. The van der Waals surface area contributed by atoms with Gasteiger partial charge in [0.15, 0.2) is 0 Å².